The fourth-order valence-corrected chi connectivity index (χ4v) is 5.90. The van der Waals surface area contributed by atoms with E-state index in [0.717, 1.165) is 24.4 Å². The van der Waals surface area contributed by atoms with E-state index in [2.05, 4.69) is 18.1 Å². The van der Waals surface area contributed by atoms with Crippen molar-refractivity contribution in [2.24, 2.45) is 0 Å². The zero-order valence-electron chi connectivity index (χ0n) is 16.0. The van der Waals surface area contributed by atoms with Gasteiger partial charge >= 0.3 is 8.80 Å². The maximum absolute atomic E-state index is 6.20. The highest BCUT2D eigenvalue weighted by molar-refractivity contribution is 6.60. The highest BCUT2D eigenvalue weighted by atomic mass is 28.4. The van der Waals surface area contributed by atoms with Gasteiger partial charge in [0.15, 0.2) is 0 Å². The Morgan fingerprint density at radius 2 is 1.33 bits per heavy atom. The van der Waals surface area contributed by atoms with E-state index >= 15 is 0 Å². The van der Waals surface area contributed by atoms with Gasteiger partial charge in [0.2, 0.25) is 0 Å². The van der Waals surface area contributed by atoms with Gasteiger partial charge in [-0.25, -0.2) is 0 Å². The van der Waals surface area contributed by atoms with E-state index < -0.39 is 8.80 Å². The van der Waals surface area contributed by atoms with Crippen molar-refractivity contribution in [2.45, 2.75) is 78.7 Å². The Morgan fingerprint density at radius 1 is 0.875 bits per heavy atom. The van der Waals surface area contributed by atoms with Gasteiger partial charge in [0.05, 0.1) is 0 Å². The van der Waals surface area contributed by atoms with Crippen LogP contribution >= 0.6 is 0 Å². The van der Waals surface area contributed by atoms with Crippen molar-refractivity contribution in [1.82, 2.24) is 0 Å². The molecule has 4 heteroatoms. The van der Waals surface area contributed by atoms with Crippen LogP contribution < -0.4 is 0 Å². The van der Waals surface area contributed by atoms with Gasteiger partial charge in [-0.2, -0.15) is 0 Å². The van der Waals surface area contributed by atoms with E-state index in [-0.39, 0.29) is 18.3 Å². The summed E-state index contributed by atoms with van der Waals surface area (Å²) in [6, 6.07) is 8.97. The van der Waals surface area contributed by atoms with Crippen LogP contribution in [0.2, 0.25) is 6.04 Å². The minimum absolute atomic E-state index is 0.0871. The summed E-state index contributed by atoms with van der Waals surface area (Å²) in [4.78, 5) is 0. The average molecular weight is 349 g/mol. The summed E-state index contributed by atoms with van der Waals surface area (Å²) in [6.07, 6.45) is 7.59. The third kappa shape index (κ3) is 7.63. The molecule has 0 N–H and O–H groups in total. The highest BCUT2D eigenvalue weighted by Crippen LogP contribution is 2.24. The zero-order chi connectivity index (χ0) is 18.2. The monoisotopic (exact) mass is 348 g/mol. The second-order valence-electron chi connectivity index (χ2n) is 6.88. The Labute approximate surface area is 149 Å². The van der Waals surface area contributed by atoms with Crippen molar-refractivity contribution in [3.63, 3.8) is 0 Å². The molecule has 0 spiro atoms. The molecule has 0 aliphatic heterocycles. The summed E-state index contributed by atoms with van der Waals surface area (Å²) in [6.45, 7) is 12.2. The van der Waals surface area contributed by atoms with Gasteiger partial charge in [-0.05, 0) is 72.1 Å². The smallest absolute Gasteiger partial charge is 0.371 e. The van der Waals surface area contributed by atoms with Crippen molar-refractivity contribution < 1.29 is 13.3 Å². The molecule has 1 aromatic rings. The van der Waals surface area contributed by atoms with Crippen molar-refractivity contribution in [2.75, 3.05) is 0 Å². The molecular weight excluding hydrogens is 316 g/mol. The molecule has 0 bridgehead atoms. The molecule has 0 radical (unpaired) electrons. The fraction of sp³-hybridized carbons (Fsp3) is 0.600. The second kappa shape index (κ2) is 10.0. The summed E-state index contributed by atoms with van der Waals surface area (Å²) < 4.78 is 18.6. The van der Waals surface area contributed by atoms with Crippen LogP contribution in [0.15, 0.2) is 24.3 Å². The first-order valence-corrected chi connectivity index (χ1v) is 10.8. The predicted molar refractivity (Wildman–Crippen MR) is 102 cm³/mol. The van der Waals surface area contributed by atoms with Gasteiger partial charge in [0, 0.05) is 29.9 Å². The van der Waals surface area contributed by atoms with Crippen LogP contribution in [0.25, 0.3) is 0 Å². The van der Waals surface area contributed by atoms with E-state index in [1.54, 1.807) is 0 Å². The summed E-state index contributed by atoms with van der Waals surface area (Å²) in [7, 11) is -2.69. The summed E-state index contributed by atoms with van der Waals surface area (Å²) in [5.74, 6) is 2.65. The lowest BCUT2D eigenvalue weighted by atomic mass is 10.1. The Bertz CT molecular complexity index is 488. The molecule has 24 heavy (non-hydrogen) atoms. The maximum atomic E-state index is 6.20. The molecule has 1 aromatic carbocycles. The molecular formula is C20H32O3Si. The standard InChI is InChI=1S/C20H32O3Si/c1-8-19-11-13-20(14-12-19)10-9-15-24(21-16(2)3,22-17(4)5)23-18(6)7/h1,11-14,16-18H,9-10,15H2,2-7H3. The molecule has 0 aromatic heterocycles. The van der Waals surface area contributed by atoms with Crippen molar-refractivity contribution >= 4 is 8.80 Å². The molecule has 134 valence electrons. The quantitative estimate of drug-likeness (QED) is 0.448. The first kappa shape index (κ1) is 20.9. The van der Waals surface area contributed by atoms with Crippen LogP contribution in [-0.2, 0) is 19.7 Å². The van der Waals surface area contributed by atoms with E-state index in [9.17, 15) is 0 Å². The Morgan fingerprint density at radius 3 is 1.71 bits per heavy atom. The Hall–Kier alpha value is -1.12. The van der Waals surface area contributed by atoms with E-state index in [1.165, 1.54) is 5.56 Å². The minimum atomic E-state index is -2.69. The predicted octanol–water partition coefficient (Wildman–Crippen LogP) is 4.81. The van der Waals surface area contributed by atoms with Gasteiger partial charge in [-0.1, -0.05) is 18.1 Å². The molecule has 0 amide bonds. The molecule has 0 atom stereocenters. The largest absolute Gasteiger partial charge is 0.501 e. The summed E-state index contributed by atoms with van der Waals surface area (Å²) in [5.41, 5.74) is 2.19. The highest BCUT2D eigenvalue weighted by Gasteiger charge is 2.43. The number of terminal acetylenes is 1. The molecule has 0 unspecified atom stereocenters. The third-order valence-corrected chi connectivity index (χ3v) is 6.77. The lowest BCUT2D eigenvalue weighted by Crippen LogP contribution is -2.50. The number of hydrogen-bond acceptors (Lipinski definition) is 3. The van der Waals surface area contributed by atoms with Crippen LogP contribution in [0.5, 0.6) is 0 Å². The summed E-state index contributed by atoms with van der Waals surface area (Å²) in [5, 5.41) is 0. The zero-order valence-corrected chi connectivity index (χ0v) is 17.0. The lowest BCUT2D eigenvalue weighted by Gasteiger charge is -2.34. The van der Waals surface area contributed by atoms with E-state index in [0.29, 0.717) is 0 Å². The van der Waals surface area contributed by atoms with Crippen molar-refractivity contribution in [1.29, 1.82) is 0 Å². The third-order valence-electron chi connectivity index (χ3n) is 3.31. The minimum Gasteiger partial charge on any atom is -0.371 e. The molecule has 0 aliphatic rings. The molecule has 0 saturated heterocycles. The molecule has 0 fully saturated rings. The Balaban J connectivity index is 2.76. The first-order chi connectivity index (χ1) is 11.3. The molecule has 1 rings (SSSR count). The van der Waals surface area contributed by atoms with Gasteiger partial charge in [0.1, 0.15) is 0 Å². The Kier molecular flexibility index (Phi) is 8.72. The molecule has 0 saturated carbocycles. The molecule has 3 nitrogen and oxygen atoms in total. The average Bonchev–Trinajstić information content (AvgIpc) is 2.45. The fourth-order valence-electron chi connectivity index (χ4n) is 2.61. The second-order valence-corrected chi connectivity index (χ2v) is 9.45. The lowest BCUT2D eigenvalue weighted by molar-refractivity contribution is 0.00292. The maximum Gasteiger partial charge on any atom is 0.501 e. The first-order valence-electron chi connectivity index (χ1n) is 8.85. The van der Waals surface area contributed by atoms with Crippen LogP contribution in [0, 0.1) is 12.3 Å². The van der Waals surface area contributed by atoms with E-state index in [1.807, 2.05) is 53.7 Å². The van der Waals surface area contributed by atoms with Crippen LogP contribution in [0.4, 0.5) is 0 Å². The number of hydrogen-bond donors (Lipinski definition) is 0. The van der Waals surface area contributed by atoms with Gasteiger partial charge in [0.25, 0.3) is 0 Å². The molecule has 0 heterocycles. The van der Waals surface area contributed by atoms with Crippen LogP contribution in [0.3, 0.4) is 0 Å². The summed E-state index contributed by atoms with van der Waals surface area (Å²) >= 11 is 0. The van der Waals surface area contributed by atoms with Gasteiger partial charge < -0.3 is 13.3 Å². The SMILES string of the molecule is C#Cc1ccc(CCC[Si](OC(C)C)(OC(C)C)OC(C)C)cc1. The van der Waals surface area contributed by atoms with Gasteiger partial charge in [-0.3, -0.25) is 0 Å². The van der Waals surface area contributed by atoms with Crippen molar-refractivity contribution in [3.8, 4) is 12.3 Å². The van der Waals surface area contributed by atoms with Crippen LogP contribution in [-0.4, -0.2) is 27.1 Å². The topological polar surface area (TPSA) is 27.7 Å². The van der Waals surface area contributed by atoms with Crippen LogP contribution in [0.1, 0.15) is 59.1 Å². The van der Waals surface area contributed by atoms with Crippen molar-refractivity contribution in [3.05, 3.63) is 35.4 Å². The number of benzene rings is 1. The van der Waals surface area contributed by atoms with E-state index in [4.69, 9.17) is 19.7 Å². The molecule has 0 aliphatic carbocycles. The number of rotatable bonds is 10. The normalized spacial score (nSPS) is 12.2. The van der Waals surface area contributed by atoms with Gasteiger partial charge in [-0.15, -0.1) is 6.42 Å². The number of aryl methyl sites for hydroxylation is 1.